The number of hydrogen-bond acceptors (Lipinski definition) is 2. The van der Waals surface area contributed by atoms with E-state index in [0.717, 1.165) is 13.1 Å². The zero-order valence-corrected chi connectivity index (χ0v) is 12.6. The van der Waals surface area contributed by atoms with Gasteiger partial charge in [-0.25, -0.2) is 4.98 Å². The monoisotopic (exact) mass is 249 g/mol. The van der Waals surface area contributed by atoms with Gasteiger partial charge in [-0.1, -0.05) is 34.6 Å². The summed E-state index contributed by atoms with van der Waals surface area (Å²) in [5, 5.41) is 3.65. The van der Waals surface area contributed by atoms with Crippen molar-refractivity contribution in [3.05, 3.63) is 18.2 Å². The lowest BCUT2D eigenvalue weighted by Gasteiger charge is -2.20. The summed E-state index contributed by atoms with van der Waals surface area (Å²) in [6, 6.07) is 0.370. The van der Waals surface area contributed by atoms with E-state index in [-0.39, 0.29) is 0 Å². The van der Waals surface area contributed by atoms with E-state index in [2.05, 4.69) is 62.6 Å². The van der Waals surface area contributed by atoms with E-state index in [0.29, 0.717) is 22.8 Å². The highest BCUT2D eigenvalue weighted by Gasteiger charge is 2.67. The van der Waals surface area contributed by atoms with Crippen LogP contribution in [0, 0.1) is 16.7 Å². The van der Waals surface area contributed by atoms with Gasteiger partial charge in [-0.15, -0.1) is 0 Å². The molecule has 18 heavy (non-hydrogen) atoms. The van der Waals surface area contributed by atoms with Gasteiger partial charge in [-0.2, -0.15) is 0 Å². The minimum Gasteiger partial charge on any atom is -0.334 e. The highest BCUT2D eigenvalue weighted by molar-refractivity contribution is 5.20. The normalized spacial score (nSPS) is 23.0. The Labute approximate surface area is 111 Å². The molecule has 1 unspecified atom stereocenters. The maximum absolute atomic E-state index is 4.60. The molecular formula is C15H27N3. The molecule has 1 atom stereocenters. The van der Waals surface area contributed by atoms with Gasteiger partial charge < -0.3 is 9.88 Å². The van der Waals surface area contributed by atoms with Gasteiger partial charge in [0.15, 0.2) is 0 Å². The first-order chi connectivity index (χ1) is 8.37. The first-order valence-electron chi connectivity index (χ1n) is 7.12. The van der Waals surface area contributed by atoms with Crippen LogP contribution in [-0.4, -0.2) is 16.1 Å². The van der Waals surface area contributed by atoms with Crippen molar-refractivity contribution in [1.82, 2.24) is 14.9 Å². The van der Waals surface area contributed by atoms with E-state index in [1.807, 2.05) is 6.20 Å². The quantitative estimate of drug-likeness (QED) is 0.868. The first-order valence-corrected chi connectivity index (χ1v) is 7.12. The van der Waals surface area contributed by atoms with Crippen molar-refractivity contribution in [3.8, 4) is 0 Å². The van der Waals surface area contributed by atoms with E-state index in [1.54, 1.807) is 0 Å². The zero-order chi connectivity index (χ0) is 13.6. The van der Waals surface area contributed by atoms with Crippen LogP contribution in [0.5, 0.6) is 0 Å². The van der Waals surface area contributed by atoms with Crippen LogP contribution in [0.1, 0.15) is 53.4 Å². The second-order valence-electron chi connectivity index (χ2n) is 6.53. The highest BCUT2D eigenvalue weighted by atomic mass is 15.1. The molecule has 0 aromatic carbocycles. The molecule has 1 aromatic heterocycles. The summed E-state index contributed by atoms with van der Waals surface area (Å²) in [4.78, 5) is 4.60. The maximum Gasteiger partial charge on any atom is 0.126 e. The number of hydrogen-bond donors (Lipinski definition) is 1. The molecule has 0 bridgehead atoms. The number of nitrogens with one attached hydrogen (secondary N) is 1. The first kappa shape index (κ1) is 13.6. The fourth-order valence-corrected chi connectivity index (χ4v) is 3.53. The van der Waals surface area contributed by atoms with E-state index in [9.17, 15) is 0 Å². The summed E-state index contributed by atoms with van der Waals surface area (Å²) < 4.78 is 2.26. The summed E-state index contributed by atoms with van der Waals surface area (Å²) in [6.45, 7) is 15.8. The van der Waals surface area contributed by atoms with Crippen molar-refractivity contribution < 1.29 is 0 Å². The van der Waals surface area contributed by atoms with Crippen LogP contribution < -0.4 is 5.32 Å². The summed E-state index contributed by atoms with van der Waals surface area (Å²) in [7, 11) is 0. The molecule has 1 aliphatic carbocycles. The summed E-state index contributed by atoms with van der Waals surface area (Å²) in [5.41, 5.74) is 0.759. The van der Waals surface area contributed by atoms with Gasteiger partial charge in [-0.05, 0) is 30.2 Å². The molecule has 0 radical (unpaired) electrons. The third-order valence-electron chi connectivity index (χ3n) is 5.26. The van der Waals surface area contributed by atoms with E-state index in [4.69, 9.17) is 0 Å². The van der Waals surface area contributed by atoms with Crippen LogP contribution in [-0.2, 0) is 6.54 Å². The van der Waals surface area contributed by atoms with Crippen LogP contribution in [0.25, 0.3) is 0 Å². The van der Waals surface area contributed by atoms with Crippen LogP contribution >= 0.6 is 0 Å². The Hall–Kier alpha value is -0.830. The van der Waals surface area contributed by atoms with Crippen LogP contribution in [0.15, 0.2) is 12.4 Å². The number of aromatic nitrogens is 2. The van der Waals surface area contributed by atoms with Gasteiger partial charge in [0.1, 0.15) is 5.82 Å². The lowest BCUT2D eigenvalue weighted by molar-refractivity contribution is 0.388. The van der Waals surface area contributed by atoms with Crippen LogP contribution in [0.2, 0.25) is 0 Å². The smallest absolute Gasteiger partial charge is 0.126 e. The molecule has 0 saturated heterocycles. The van der Waals surface area contributed by atoms with Crippen LogP contribution in [0.4, 0.5) is 0 Å². The topological polar surface area (TPSA) is 29.9 Å². The van der Waals surface area contributed by atoms with Gasteiger partial charge in [0, 0.05) is 18.9 Å². The van der Waals surface area contributed by atoms with Crippen LogP contribution in [0.3, 0.4) is 0 Å². The molecule has 0 aliphatic heterocycles. The molecule has 2 rings (SSSR count). The highest BCUT2D eigenvalue weighted by Crippen LogP contribution is 2.72. The van der Waals surface area contributed by atoms with Gasteiger partial charge in [0.25, 0.3) is 0 Å². The lowest BCUT2D eigenvalue weighted by Crippen LogP contribution is -2.28. The van der Waals surface area contributed by atoms with Gasteiger partial charge in [0.05, 0.1) is 6.04 Å². The number of imidazole rings is 1. The standard InChI is InChI=1S/C15H27N3/c1-7-16-11(12-14(3,4)15(12,5)6)13-17-9-10-18(13)8-2/h9-12,16H,7-8H2,1-6H3. The molecule has 1 heterocycles. The SMILES string of the molecule is CCNC(c1nccn1CC)C1C(C)(C)C1(C)C. The molecule has 1 fully saturated rings. The molecule has 0 spiro atoms. The lowest BCUT2D eigenvalue weighted by atomic mass is 10.0. The molecule has 1 aliphatic rings. The summed E-state index contributed by atoms with van der Waals surface area (Å²) in [6.07, 6.45) is 4.01. The molecule has 1 aromatic rings. The Morgan fingerprint density at radius 3 is 2.33 bits per heavy atom. The third-order valence-corrected chi connectivity index (χ3v) is 5.26. The Morgan fingerprint density at radius 2 is 1.89 bits per heavy atom. The zero-order valence-electron chi connectivity index (χ0n) is 12.6. The number of aryl methyl sites for hydroxylation is 1. The molecular weight excluding hydrogens is 222 g/mol. The Bertz CT molecular complexity index is 403. The maximum atomic E-state index is 4.60. The van der Waals surface area contributed by atoms with Crippen molar-refractivity contribution in [2.75, 3.05) is 6.54 Å². The molecule has 102 valence electrons. The number of rotatable bonds is 5. The fourth-order valence-electron chi connectivity index (χ4n) is 3.53. The average Bonchev–Trinajstić information content (AvgIpc) is 2.70. The van der Waals surface area contributed by atoms with E-state index in [1.165, 1.54) is 5.82 Å². The van der Waals surface area contributed by atoms with Crippen molar-refractivity contribution in [2.24, 2.45) is 16.7 Å². The molecule has 1 N–H and O–H groups in total. The summed E-state index contributed by atoms with van der Waals surface area (Å²) >= 11 is 0. The minimum atomic E-state index is 0.370. The van der Waals surface area contributed by atoms with E-state index < -0.39 is 0 Å². The van der Waals surface area contributed by atoms with Crippen molar-refractivity contribution in [3.63, 3.8) is 0 Å². The average molecular weight is 249 g/mol. The predicted octanol–water partition coefficient (Wildman–Crippen LogP) is 3.24. The predicted molar refractivity (Wildman–Crippen MR) is 75.4 cm³/mol. The van der Waals surface area contributed by atoms with Crippen molar-refractivity contribution >= 4 is 0 Å². The van der Waals surface area contributed by atoms with E-state index >= 15 is 0 Å². The minimum absolute atomic E-state index is 0.370. The van der Waals surface area contributed by atoms with Crippen molar-refractivity contribution in [2.45, 2.75) is 54.1 Å². The Balaban J connectivity index is 2.31. The Morgan fingerprint density at radius 1 is 1.28 bits per heavy atom. The molecule has 3 nitrogen and oxygen atoms in total. The fraction of sp³-hybridized carbons (Fsp3) is 0.800. The van der Waals surface area contributed by atoms with Gasteiger partial charge in [-0.3, -0.25) is 0 Å². The number of nitrogens with zero attached hydrogens (tertiary/aromatic N) is 2. The second kappa shape index (κ2) is 4.37. The van der Waals surface area contributed by atoms with Gasteiger partial charge in [0.2, 0.25) is 0 Å². The molecule has 0 amide bonds. The largest absolute Gasteiger partial charge is 0.334 e. The summed E-state index contributed by atoms with van der Waals surface area (Å²) in [5.74, 6) is 1.85. The second-order valence-corrected chi connectivity index (χ2v) is 6.53. The Kier molecular flexibility index (Phi) is 3.30. The third kappa shape index (κ3) is 1.80. The molecule has 3 heteroatoms. The molecule has 1 saturated carbocycles. The van der Waals surface area contributed by atoms with Crippen molar-refractivity contribution in [1.29, 1.82) is 0 Å². The van der Waals surface area contributed by atoms with Gasteiger partial charge >= 0.3 is 0 Å².